The molecule has 1 aromatic carbocycles. The van der Waals surface area contributed by atoms with Crippen LogP contribution in [-0.4, -0.2) is 16.2 Å². The molecule has 0 radical (unpaired) electrons. The highest BCUT2D eigenvalue weighted by Crippen LogP contribution is 2.21. The first-order chi connectivity index (χ1) is 9.60. The molecule has 0 unspecified atom stereocenters. The number of carbonyl (C=O) groups excluding carboxylic acids is 1. The summed E-state index contributed by atoms with van der Waals surface area (Å²) < 4.78 is 0. The van der Waals surface area contributed by atoms with Gasteiger partial charge < -0.3 is 5.32 Å². The third-order valence-corrected chi connectivity index (χ3v) is 3.69. The first-order valence-electron chi connectivity index (χ1n) is 5.45. The normalized spacial score (nSPS) is 9.90. The first kappa shape index (κ1) is 14.7. The monoisotopic (exact) mass is 327 g/mol. The molecule has 0 saturated carbocycles. The average molecular weight is 328 g/mol. The number of anilines is 2. The largest absolute Gasteiger partial charge is 0.331 e. The number of halogens is 1. The highest BCUT2D eigenvalue weighted by molar-refractivity contribution is 7.80. The number of rotatable bonds is 3. The van der Waals surface area contributed by atoms with Crippen LogP contribution >= 0.6 is 35.2 Å². The smallest absolute Gasteiger partial charge is 0.258 e. The molecule has 20 heavy (non-hydrogen) atoms. The summed E-state index contributed by atoms with van der Waals surface area (Å²) in [7, 11) is 0. The van der Waals surface area contributed by atoms with Crippen molar-refractivity contribution in [1.82, 2.24) is 5.32 Å². The minimum Gasteiger partial charge on any atom is -0.331 e. The van der Waals surface area contributed by atoms with Crippen molar-refractivity contribution in [3.05, 3.63) is 46.3 Å². The predicted octanol–water partition coefficient (Wildman–Crippen LogP) is 3.33. The van der Waals surface area contributed by atoms with Crippen molar-refractivity contribution in [3.63, 3.8) is 0 Å². The number of hydrogen-bond acceptors (Lipinski definition) is 5. The van der Waals surface area contributed by atoms with Gasteiger partial charge in [0, 0.05) is 5.38 Å². The molecule has 0 aliphatic heterocycles. The van der Waals surface area contributed by atoms with Crippen LogP contribution in [0.15, 0.2) is 35.7 Å². The van der Waals surface area contributed by atoms with Gasteiger partial charge in [-0.15, -0.1) is 11.3 Å². The first-order valence-corrected chi connectivity index (χ1v) is 7.12. The van der Waals surface area contributed by atoms with Crippen LogP contribution in [0.25, 0.3) is 0 Å². The van der Waals surface area contributed by atoms with Crippen LogP contribution in [0.5, 0.6) is 0 Å². The Morgan fingerprint density at radius 1 is 1.35 bits per heavy atom. The van der Waals surface area contributed by atoms with Crippen molar-refractivity contribution < 1.29 is 10.0 Å². The van der Waals surface area contributed by atoms with Crippen LogP contribution in [0.1, 0.15) is 10.4 Å². The van der Waals surface area contributed by atoms with Gasteiger partial charge in [0.25, 0.3) is 5.91 Å². The second-order valence-electron chi connectivity index (χ2n) is 3.70. The van der Waals surface area contributed by atoms with Crippen LogP contribution in [0.2, 0.25) is 5.02 Å². The standard InChI is InChI=1S/C12H10ClN3O2S2/c13-8-3-1-2-4-9(8)14-12(19)15-11(17)7-5-10(16-18)20-6-7/h1-6,16,18H,(H2,14,15,17,19). The fourth-order valence-corrected chi connectivity index (χ4v) is 2.47. The van der Waals surface area contributed by atoms with Gasteiger partial charge in [-0.2, -0.15) is 0 Å². The zero-order valence-electron chi connectivity index (χ0n) is 10.0. The number of thiophene rings is 1. The Labute approximate surface area is 129 Å². The number of amides is 1. The average Bonchev–Trinajstić information content (AvgIpc) is 2.90. The molecular formula is C12H10ClN3O2S2. The van der Waals surface area contributed by atoms with E-state index in [1.165, 1.54) is 17.4 Å². The molecule has 0 saturated heterocycles. The Bertz CT molecular complexity index is 645. The second kappa shape index (κ2) is 6.67. The van der Waals surface area contributed by atoms with Gasteiger partial charge in [0.2, 0.25) is 0 Å². The summed E-state index contributed by atoms with van der Waals surface area (Å²) in [5, 5.41) is 16.8. The molecule has 0 fully saturated rings. The summed E-state index contributed by atoms with van der Waals surface area (Å²) in [6, 6.07) is 8.57. The van der Waals surface area contributed by atoms with Gasteiger partial charge in [-0.3, -0.25) is 20.8 Å². The zero-order valence-corrected chi connectivity index (χ0v) is 12.4. The minimum absolute atomic E-state index is 0.146. The van der Waals surface area contributed by atoms with Crippen molar-refractivity contribution >= 4 is 56.9 Å². The molecule has 2 aromatic rings. The summed E-state index contributed by atoms with van der Waals surface area (Å²) in [5.41, 5.74) is 2.99. The van der Waals surface area contributed by atoms with Crippen LogP contribution in [0.3, 0.4) is 0 Å². The molecule has 1 heterocycles. The van der Waals surface area contributed by atoms with Gasteiger partial charge in [0.1, 0.15) is 5.00 Å². The molecule has 0 spiro atoms. The maximum absolute atomic E-state index is 11.9. The van der Waals surface area contributed by atoms with Crippen LogP contribution in [0.4, 0.5) is 10.7 Å². The molecule has 0 aliphatic rings. The maximum Gasteiger partial charge on any atom is 0.258 e. The highest BCUT2D eigenvalue weighted by atomic mass is 35.5. The number of para-hydroxylation sites is 1. The summed E-state index contributed by atoms with van der Waals surface area (Å²) in [4.78, 5) is 11.9. The Morgan fingerprint density at radius 3 is 2.75 bits per heavy atom. The Morgan fingerprint density at radius 2 is 2.10 bits per heavy atom. The summed E-state index contributed by atoms with van der Waals surface area (Å²) in [5.74, 6) is -0.368. The SMILES string of the molecule is O=C(NC(=S)Nc1ccccc1Cl)c1csc(NO)c1. The molecule has 5 nitrogen and oxygen atoms in total. The molecule has 0 bridgehead atoms. The van der Waals surface area contributed by atoms with Gasteiger partial charge in [0.15, 0.2) is 5.11 Å². The Balaban J connectivity index is 1.98. The molecule has 1 amide bonds. The van der Waals surface area contributed by atoms with Crippen molar-refractivity contribution in [2.75, 3.05) is 10.8 Å². The van der Waals surface area contributed by atoms with Gasteiger partial charge >= 0.3 is 0 Å². The lowest BCUT2D eigenvalue weighted by Gasteiger charge is -2.10. The lowest BCUT2D eigenvalue weighted by atomic mass is 10.3. The molecule has 2 rings (SSSR count). The van der Waals surface area contributed by atoms with E-state index >= 15 is 0 Å². The quantitative estimate of drug-likeness (QED) is 0.514. The number of benzene rings is 1. The van der Waals surface area contributed by atoms with Crippen LogP contribution in [0, 0.1) is 0 Å². The highest BCUT2D eigenvalue weighted by Gasteiger charge is 2.11. The van der Waals surface area contributed by atoms with E-state index in [2.05, 4.69) is 10.6 Å². The zero-order chi connectivity index (χ0) is 14.5. The van der Waals surface area contributed by atoms with E-state index in [9.17, 15) is 4.79 Å². The van der Waals surface area contributed by atoms with Crippen molar-refractivity contribution in [3.8, 4) is 0 Å². The minimum atomic E-state index is -0.368. The van der Waals surface area contributed by atoms with Gasteiger partial charge in [-0.25, -0.2) is 0 Å². The van der Waals surface area contributed by atoms with Crippen LogP contribution < -0.4 is 16.1 Å². The van der Waals surface area contributed by atoms with Crippen molar-refractivity contribution in [1.29, 1.82) is 0 Å². The number of thiocarbonyl (C=S) groups is 1. The van der Waals surface area contributed by atoms with E-state index in [0.29, 0.717) is 21.3 Å². The number of carbonyl (C=O) groups is 1. The molecule has 0 aliphatic carbocycles. The fraction of sp³-hybridized carbons (Fsp3) is 0. The van der Waals surface area contributed by atoms with Gasteiger partial charge in [0.05, 0.1) is 16.3 Å². The third-order valence-electron chi connectivity index (χ3n) is 2.32. The molecule has 0 atom stereocenters. The van der Waals surface area contributed by atoms with Crippen molar-refractivity contribution in [2.24, 2.45) is 0 Å². The molecule has 4 N–H and O–H groups in total. The summed E-state index contributed by atoms with van der Waals surface area (Å²) in [6.07, 6.45) is 0. The fourth-order valence-electron chi connectivity index (χ4n) is 1.41. The van der Waals surface area contributed by atoms with Gasteiger partial charge in [-0.05, 0) is 30.4 Å². The topological polar surface area (TPSA) is 73.4 Å². The number of hydrogen-bond donors (Lipinski definition) is 4. The van der Waals surface area contributed by atoms with E-state index in [0.717, 1.165) is 0 Å². The van der Waals surface area contributed by atoms with Crippen molar-refractivity contribution in [2.45, 2.75) is 0 Å². The molecule has 104 valence electrons. The summed E-state index contributed by atoms with van der Waals surface area (Å²) >= 11 is 12.2. The molecule has 1 aromatic heterocycles. The summed E-state index contributed by atoms with van der Waals surface area (Å²) in [6.45, 7) is 0. The van der Waals surface area contributed by atoms with E-state index in [4.69, 9.17) is 29.0 Å². The third kappa shape index (κ3) is 3.67. The molecular weight excluding hydrogens is 318 g/mol. The lowest BCUT2D eigenvalue weighted by Crippen LogP contribution is -2.33. The second-order valence-corrected chi connectivity index (χ2v) is 5.43. The van der Waals surface area contributed by atoms with E-state index in [-0.39, 0.29) is 11.0 Å². The Kier molecular flexibility index (Phi) is 4.91. The number of nitrogens with one attached hydrogen (secondary N) is 3. The van der Waals surface area contributed by atoms with Gasteiger partial charge in [-0.1, -0.05) is 23.7 Å². The predicted molar refractivity (Wildman–Crippen MR) is 84.9 cm³/mol. The van der Waals surface area contributed by atoms with E-state index in [1.54, 1.807) is 29.6 Å². The van der Waals surface area contributed by atoms with E-state index in [1.807, 2.05) is 5.48 Å². The maximum atomic E-state index is 11.9. The van der Waals surface area contributed by atoms with Crippen LogP contribution in [-0.2, 0) is 0 Å². The Hall–Kier alpha value is -1.67. The lowest BCUT2D eigenvalue weighted by molar-refractivity contribution is 0.0978. The molecule has 8 heteroatoms. The van der Waals surface area contributed by atoms with E-state index < -0.39 is 0 Å².